The Morgan fingerprint density at radius 3 is 2.41 bits per heavy atom. The number of benzene rings is 2. The van der Waals surface area contributed by atoms with Crippen LogP contribution in [0.25, 0.3) is 11.0 Å². The molecule has 2 amide bonds. The molecule has 3 aromatic rings. The van der Waals surface area contributed by atoms with E-state index >= 15 is 0 Å². The van der Waals surface area contributed by atoms with Crippen LogP contribution in [0.2, 0.25) is 0 Å². The zero-order valence-electron chi connectivity index (χ0n) is 17.2. The minimum absolute atomic E-state index is 0.0636. The summed E-state index contributed by atoms with van der Waals surface area (Å²) >= 11 is 0. The van der Waals surface area contributed by atoms with Crippen molar-refractivity contribution in [2.45, 2.75) is 52.2 Å². The van der Waals surface area contributed by atoms with Gasteiger partial charge in [-0.1, -0.05) is 42.5 Å². The van der Waals surface area contributed by atoms with Crippen LogP contribution >= 0.6 is 0 Å². The van der Waals surface area contributed by atoms with Crippen molar-refractivity contribution in [1.82, 2.24) is 20.2 Å². The third kappa shape index (κ3) is 5.44. The van der Waals surface area contributed by atoms with E-state index in [1.807, 2.05) is 60.9 Å². The summed E-state index contributed by atoms with van der Waals surface area (Å²) in [6.45, 7) is 5.53. The lowest BCUT2D eigenvalue weighted by atomic mass is 10.1. The molecule has 6 nitrogen and oxygen atoms in total. The topological polar surface area (TPSA) is 76.0 Å². The number of nitrogens with one attached hydrogen (secondary N) is 2. The van der Waals surface area contributed by atoms with Crippen LogP contribution in [0.1, 0.15) is 44.6 Å². The highest BCUT2D eigenvalue weighted by Crippen LogP contribution is 2.20. The van der Waals surface area contributed by atoms with Gasteiger partial charge in [0, 0.05) is 13.0 Å². The van der Waals surface area contributed by atoms with E-state index < -0.39 is 0 Å². The number of hydrogen-bond donors (Lipinski definition) is 2. The fourth-order valence-corrected chi connectivity index (χ4v) is 3.52. The summed E-state index contributed by atoms with van der Waals surface area (Å²) in [6.07, 6.45) is 1.79. The first-order valence-electron chi connectivity index (χ1n) is 9.99. The number of fused-ring (bicyclic) bond motifs is 1. The highest BCUT2D eigenvalue weighted by molar-refractivity contribution is 5.81. The van der Waals surface area contributed by atoms with Gasteiger partial charge in [-0.25, -0.2) is 4.98 Å². The summed E-state index contributed by atoms with van der Waals surface area (Å²) in [5, 5.41) is 5.94. The zero-order chi connectivity index (χ0) is 20.8. The van der Waals surface area contributed by atoms with E-state index in [0.717, 1.165) is 23.9 Å². The van der Waals surface area contributed by atoms with Crippen molar-refractivity contribution < 1.29 is 9.59 Å². The first kappa shape index (κ1) is 20.6. The van der Waals surface area contributed by atoms with Gasteiger partial charge in [-0.05, 0) is 44.4 Å². The lowest BCUT2D eigenvalue weighted by Crippen LogP contribution is -2.36. The average molecular weight is 393 g/mol. The predicted molar refractivity (Wildman–Crippen MR) is 114 cm³/mol. The minimum Gasteiger partial charge on any atom is -0.352 e. The van der Waals surface area contributed by atoms with E-state index in [2.05, 4.69) is 27.8 Å². The fourth-order valence-electron chi connectivity index (χ4n) is 3.52. The van der Waals surface area contributed by atoms with Crippen molar-refractivity contribution in [3.63, 3.8) is 0 Å². The van der Waals surface area contributed by atoms with Gasteiger partial charge >= 0.3 is 0 Å². The normalized spacial score (nSPS) is 13.1. The number of rotatable bonds is 8. The number of amides is 2. The lowest BCUT2D eigenvalue weighted by Gasteiger charge is -2.17. The highest BCUT2D eigenvalue weighted by Gasteiger charge is 2.19. The largest absolute Gasteiger partial charge is 0.352 e. The first-order valence-corrected chi connectivity index (χ1v) is 9.99. The molecule has 0 aliphatic rings. The number of aromatic nitrogens is 2. The van der Waals surface area contributed by atoms with Crippen molar-refractivity contribution in [3.8, 4) is 0 Å². The maximum absolute atomic E-state index is 12.7. The molecule has 0 unspecified atom stereocenters. The van der Waals surface area contributed by atoms with Gasteiger partial charge in [0.15, 0.2) is 0 Å². The summed E-state index contributed by atoms with van der Waals surface area (Å²) in [5.41, 5.74) is 2.96. The summed E-state index contributed by atoms with van der Waals surface area (Å²) < 4.78 is 1.88. The van der Waals surface area contributed by atoms with Crippen molar-refractivity contribution in [2.75, 3.05) is 0 Å². The molecule has 29 heavy (non-hydrogen) atoms. The third-order valence-electron chi connectivity index (χ3n) is 4.91. The molecular weight excluding hydrogens is 364 g/mol. The Kier molecular flexibility index (Phi) is 6.65. The lowest BCUT2D eigenvalue weighted by molar-refractivity contribution is -0.122. The number of hydrogen-bond acceptors (Lipinski definition) is 3. The average Bonchev–Trinajstić information content (AvgIpc) is 3.05. The number of carbonyl (C=O) groups excluding carboxylic acids is 2. The predicted octanol–water partition coefficient (Wildman–Crippen LogP) is 3.37. The van der Waals surface area contributed by atoms with Gasteiger partial charge in [0.25, 0.3) is 0 Å². The Bertz CT molecular complexity index is 981. The van der Waals surface area contributed by atoms with Gasteiger partial charge in [0.05, 0.1) is 17.1 Å². The maximum Gasteiger partial charge on any atom is 0.240 e. The Morgan fingerprint density at radius 2 is 1.69 bits per heavy atom. The van der Waals surface area contributed by atoms with Crippen LogP contribution in [0.3, 0.4) is 0 Å². The number of nitrogens with zero attached hydrogens (tertiary/aromatic N) is 2. The molecule has 0 radical (unpaired) electrons. The molecule has 1 heterocycles. The number of imidazole rings is 1. The summed E-state index contributed by atoms with van der Waals surface area (Å²) in [4.78, 5) is 28.9. The molecule has 2 aromatic carbocycles. The second-order valence-electron chi connectivity index (χ2n) is 7.46. The molecule has 0 aliphatic carbocycles. The van der Waals surface area contributed by atoms with E-state index in [4.69, 9.17) is 0 Å². The van der Waals surface area contributed by atoms with Gasteiger partial charge in [0.1, 0.15) is 12.4 Å². The van der Waals surface area contributed by atoms with E-state index in [9.17, 15) is 9.59 Å². The zero-order valence-corrected chi connectivity index (χ0v) is 17.2. The molecule has 0 fully saturated rings. The van der Waals surface area contributed by atoms with Crippen LogP contribution in [0.4, 0.5) is 0 Å². The third-order valence-corrected chi connectivity index (χ3v) is 4.91. The van der Waals surface area contributed by atoms with Crippen LogP contribution < -0.4 is 10.6 Å². The van der Waals surface area contributed by atoms with Crippen molar-refractivity contribution in [2.24, 2.45) is 0 Å². The maximum atomic E-state index is 12.7. The Morgan fingerprint density at radius 1 is 1.00 bits per heavy atom. The van der Waals surface area contributed by atoms with E-state index in [0.29, 0.717) is 5.82 Å². The smallest absolute Gasteiger partial charge is 0.240 e. The summed E-state index contributed by atoms with van der Waals surface area (Å²) in [7, 11) is 0. The molecule has 0 saturated carbocycles. The van der Waals surface area contributed by atoms with Gasteiger partial charge in [-0.3, -0.25) is 9.59 Å². The van der Waals surface area contributed by atoms with Gasteiger partial charge in [0.2, 0.25) is 11.8 Å². The molecule has 0 aliphatic heterocycles. The van der Waals surface area contributed by atoms with Crippen LogP contribution in [-0.4, -0.2) is 27.4 Å². The standard InChI is InChI=1S/C23H28N4O2/c1-16(13-14-19-9-5-4-6-10-19)24-22(29)15-27-21-12-8-7-11-20(21)26-23(27)17(2)25-18(3)28/h4-12,16-17H,13-15H2,1-3H3,(H,24,29)(H,25,28)/t16-,17-/m0/s1. The quantitative estimate of drug-likeness (QED) is 0.617. The van der Waals surface area contributed by atoms with Crippen LogP contribution in [-0.2, 0) is 22.6 Å². The van der Waals surface area contributed by atoms with Crippen LogP contribution in [0, 0.1) is 0 Å². The molecule has 2 N–H and O–H groups in total. The van der Waals surface area contributed by atoms with Crippen molar-refractivity contribution in [3.05, 3.63) is 66.0 Å². The fraction of sp³-hybridized carbons (Fsp3) is 0.348. The SMILES string of the molecule is CC(=O)N[C@@H](C)c1nc2ccccc2n1CC(=O)N[C@@H](C)CCc1ccccc1. The summed E-state index contributed by atoms with van der Waals surface area (Å²) in [6, 6.07) is 17.7. The van der Waals surface area contributed by atoms with E-state index in [-0.39, 0.29) is 30.4 Å². The molecule has 0 saturated heterocycles. The van der Waals surface area contributed by atoms with Crippen molar-refractivity contribution in [1.29, 1.82) is 0 Å². The van der Waals surface area contributed by atoms with Crippen molar-refractivity contribution >= 4 is 22.8 Å². The molecular formula is C23H28N4O2. The van der Waals surface area contributed by atoms with Crippen LogP contribution in [0.5, 0.6) is 0 Å². The summed E-state index contributed by atoms with van der Waals surface area (Å²) in [5.74, 6) is 0.480. The molecule has 3 rings (SSSR count). The van der Waals surface area contributed by atoms with E-state index in [1.165, 1.54) is 12.5 Å². The van der Waals surface area contributed by atoms with Gasteiger partial charge in [-0.15, -0.1) is 0 Å². The van der Waals surface area contributed by atoms with E-state index in [1.54, 1.807) is 0 Å². The number of para-hydroxylation sites is 2. The Hall–Kier alpha value is -3.15. The van der Waals surface area contributed by atoms with Gasteiger partial charge < -0.3 is 15.2 Å². The number of carbonyl (C=O) groups is 2. The molecule has 2 atom stereocenters. The molecule has 1 aromatic heterocycles. The first-order chi connectivity index (χ1) is 13.9. The number of aryl methyl sites for hydroxylation is 1. The van der Waals surface area contributed by atoms with Crippen LogP contribution in [0.15, 0.2) is 54.6 Å². The molecule has 152 valence electrons. The minimum atomic E-state index is -0.289. The monoisotopic (exact) mass is 392 g/mol. The molecule has 6 heteroatoms. The Balaban J connectivity index is 1.69. The second kappa shape index (κ2) is 9.37. The Labute approximate surface area is 171 Å². The van der Waals surface area contributed by atoms with Gasteiger partial charge in [-0.2, -0.15) is 0 Å². The highest BCUT2D eigenvalue weighted by atomic mass is 16.2. The molecule has 0 bridgehead atoms. The second-order valence-corrected chi connectivity index (χ2v) is 7.46. The molecule has 0 spiro atoms.